The molecule has 0 unspecified atom stereocenters. The number of rotatable bonds is 1. The van der Waals surface area contributed by atoms with Crippen molar-refractivity contribution in [2.75, 3.05) is 6.54 Å². The first-order valence-corrected chi connectivity index (χ1v) is 6.88. The Kier molecular flexibility index (Phi) is 3.67. The number of aromatic nitrogens is 2. The minimum absolute atomic E-state index is 0.166. The maximum absolute atomic E-state index is 12.5. The van der Waals surface area contributed by atoms with Crippen molar-refractivity contribution in [3.63, 3.8) is 0 Å². The maximum Gasteiger partial charge on any atom is 0.416 e. The van der Waals surface area contributed by atoms with Crippen molar-refractivity contribution < 1.29 is 18.0 Å². The van der Waals surface area contributed by atoms with Crippen molar-refractivity contribution in [3.8, 4) is 0 Å². The molecule has 0 atom stereocenters. The van der Waals surface area contributed by atoms with E-state index in [4.69, 9.17) is 0 Å². The van der Waals surface area contributed by atoms with E-state index in [1.165, 1.54) is 11.2 Å². The monoisotopic (exact) mass is 323 g/mol. The number of amides is 1. The van der Waals surface area contributed by atoms with Crippen molar-refractivity contribution >= 4 is 5.91 Å². The van der Waals surface area contributed by atoms with Gasteiger partial charge in [0, 0.05) is 17.7 Å². The van der Waals surface area contributed by atoms with Gasteiger partial charge in [-0.3, -0.25) is 9.59 Å². The van der Waals surface area contributed by atoms with Crippen molar-refractivity contribution in [2.45, 2.75) is 19.1 Å². The normalized spacial score (nSPS) is 14.5. The predicted octanol–water partition coefficient (Wildman–Crippen LogP) is 1.99. The zero-order valence-electron chi connectivity index (χ0n) is 11.9. The van der Waals surface area contributed by atoms with E-state index >= 15 is 0 Å². The van der Waals surface area contributed by atoms with Crippen molar-refractivity contribution in [3.05, 3.63) is 63.3 Å². The summed E-state index contributed by atoms with van der Waals surface area (Å²) in [4.78, 5) is 32.0. The quantitative estimate of drug-likeness (QED) is 0.873. The lowest BCUT2D eigenvalue weighted by atomic mass is 10.0. The van der Waals surface area contributed by atoms with E-state index in [1.54, 1.807) is 0 Å². The summed E-state index contributed by atoms with van der Waals surface area (Å²) < 4.78 is 37.6. The largest absolute Gasteiger partial charge is 0.416 e. The molecule has 1 aliphatic rings. The molecule has 0 aliphatic carbocycles. The fourth-order valence-corrected chi connectivity index (χ4v) is 2.52. The van der Waals surface area contributed by atoms with Crippen LogP contribution in [0.3, 0.4) is 0 Å². The van der Waals surface area contributed by atoms with E-state index in [1.807, 2.05) is 0 Å². The molecule has 1 N–H and O–H groups in total. The molecule has 0 saturated heterocycles. The van der Waals surface area contributed by atoms with Gasteiger partial charge in [0.2, 0.25) is 0 Å². The third-order valence-corrected chi connectivity index (χ3v) is 3.76. The van der Waals surface area contributed by atoms with Gasteiger partial charge >= 0.3 is 6.18 Å². The van der Waals surface area contributed by atoms with Crippen LogP contribution in [0.2, 0.25) is 0 Å². The van der Waals surface area contributed by atoms with Crippen LogP contribution in [-0.2, 0) is 19.1 Å². The molecule has 8 heteroatoms. The molecule has 1 aromatic heterocycles. The van der Waals surface area contributed by atoms with Gasteiger partial charge in [0.25, 0.3) is 11.5 Å². The fraction of sp³-hybridized carbons (Fsp3) is 0.267. The standard InChI is InChI=1S/C15H12F3N3O2/c16-15(17,18)10-3-1-9(2-4-10)14(23)21-6-5-11-12(7-21)19-8-20-13(11)22/h1-4,8H,5-7H2,(H,19,20,22). The summed E-state index contributed by atoms with van der Waals surface area (Å²) in [5.74, 6) is -0.383. The highest BCUT2D eigenvalue weighted by Gasteiger charge is 2.31. The molecular formula is C15H12F3N3O2. The Bertz CT molecular complexity index is 797. The number of carbonyl (C=O) groups excluding carboxylic acids is 1. The second-order valence-corrected chi connectivity index (χ2v) is 5.21. The Morgan fingerprint density at radius 3 is 2.57 bits per heavy atom. The lowest BCUT2D eigenvalue weighted by Gasteiger charge is -2.27. The molecule has 2 heterocycles. The third kappa shape index (κ3) is 2.96. The van der Waals surface area contributed by atoms with Gasteiger partial charge in [-0.25, -0.2) is 4.98 Å². The molecule has 120 valence electrons. The van der Waals surface area contributed by atoms with Crippen LogP contribution >= 0.6 is 0 Å². The van der Waals surface area contributed by atoms with E-state index in [2.05, 4.69) is 9.97 Å². The van der Waals surface area contributed by atoms with Crippen molar-refractivity contribution in [1.82, 2.24) is 14.9 Å². The number of benzene rings is 1. The molecule has 5 nitrogen and oxygen atoms in total. The highest BCUT2D eigenvalue weighted by Crippen LogP contribution is 2.29. The van der Waals surface area contributed by atoms with Gasteiger partial charge in [-0.1, -0.05) is 0 Å². The number of hydrogen-bond donors (Lipinski definition) is 1. The summed E-state index contributed by atoms with van der Waals surface area (Å²) in [5, 5.41) is 0. The number of alkyl halides is 3. The summed E-state index contributed by atoms with van der Waals surface area (Å²) >= 11 is 0. The lowest BCUT2D eigenvalue weighted by Crippen LogP contribution is -2.38. The van der Waals surface area contributed by atoms with Crippen LogP contribution < -0.4 is 5.56 Å². The Morgan fingerprint density at radius 1 is 1.22 bits per heavy atom. The van der Waals surface area contributed by atoms with E-state index in [-0.39, 0.29) is 23.6 Å². The van der Waals surface area contributed by atoms with E-state index in [0.29, 0.717) is 24.2 Å². The molecule has 23 heavy (non-hydrogen) atoms. The number of nitrogens with zero attached hydrogens (tertiary/aromatic N) is 2. The van der Waals surface area contributed by atoms with Gasteiger partial charge in [-0.15, -0.1) is 0 Å². The molecule has 1 aliphatic heterocycles. The predicted molar refractivity (Wildman–Crippen MR) is 74.7 cm³/mol. The Hall–Kier alpha value is -2.64. The number of aromatic amines is 1. The minimum Gasteiger partial charge on any atom is -0.332 e. The summed E-state index contributed by atoms with van der Waals surface area (Å²) in [6.45, 7) is 0.487. The first kappa shape index (κ1) is 15.3. The van der Waals surface area contributed by atoms with Crippen molar-refractivity contribution in [2.24, 2.45) is 0 Å². The molecule has 1 aromatic carbocycles. The van der Waals surface area contributed by atoms with Gasteiger partial charge in [0.1, 0.15) is 0 Å². The van der Waals surface area contributed by atoms with Crippen LogP contribution in [0, 0.1) is 0 Å². The number of nitrogens with one attached hydrogen (secondary N) is 1. The summed E-state index contributed by atoms with van der Waals surface area (Å²) in [7, 11) is 0. The molecule has 0 fully saturated rings. The number of H-pyrrole nitrogens is 1. The van der Waals surface area contributed by atoms with Crippen LogP contribution in [-0.4, -0.2) is 27.3 Å². The average Bonchev–Trinajstić information content (AvgIpc) is 2.53. The number of hydrogen-bond acceptors (Lipinski definition) is 3. The summed E-state index contributed by atoms with van der Waals surface area (Å²) in [5.41, 5.74) is 0.207. The van der Waals surface area contributed by atoms with Gasteiger partial charge < -0.3 is 9.88 Å². The average molecular weight is 323 g/mol. The highest BCUT2D eigenvalue weighted by molar-refractivity contribution is 5.94. The van der Waals surface area contributed by atoms with Crippen LogP contribution in [0.4, 0.5) is 13.2 Å². The minimum atomic E-state index is -4.43. The molecular weight excluding hydrogens is 311 g/mol. The van der Waals surface area contributed by atoms with Crippen LogP contribution in [0.1, 0.15) is 27.2 Å². The van der Waals surface area contributed by atoms with Crippen LogP contribution in [0.5, 0.6) is 0 Å². The van der Waals surface area contributed by atoms with Crippen molar-refractivity contribution in [1.29, 1.82) is 0 Å². The zero-order valence-corrected chi connectivity index (χ0v) is 11.9. The molecule has 0 radical (unpaired) electrons. The number of fused-ring (bicyclic) bond motifs is 1. The van der Waals surface area contributed by atoms with Gasteiger partial charge in [0.15, 0.2) is 0 Å². The van der Waals surface area contributed by atoms with Crippen LogP contribution in [0.15, 0.2) is 35.4 Å². The molecule has 0 saturated carbocycles. The number of carbonyl (C=O) groups is 1. The second kappa shape index (κ2) is 5.53. The van der Waals surface area contributed by atoms with E-state index in [0.717, 1.165) is 24.3 Å². The highest BCUT2D eigenvalue weighted by atomic mass is 19.4. The number of halogens is 3. The van der Waals surface area contributed by atoms with Gasteiger partial charge in [-0.05, 0) is 30.7 Å². The molecule has 0 spiro atoms. The maximum atomic E-state index is 12.5. The fourth-order valence-electron chi connectivity index (χ4n) is 2.52. The smallest absolute Gasteiger partial charge is 0.332 e. The molecule has 0 bridgehead atoms. The first-order chi connectivity index (χ1) is 10.9. The van der Waals surface area contributed by atoms with E-state index < -0.39 is 11.7 Å². The molecule has 1 amide bonds. The van der Waals surface area contributed by atoms with Crippen LogP contribution in [0.25, 0.3) is 0 Å². The lowest BCUT2D eigenvalue weighted by molar-refractivity contribution is -0.137. The second-order valence-electron chi connectivity index (χ2n) is 5.21. The summed E-state index contributed by atoms with van der Waals surface area (Å²) in [6.07, 6.45) is -2.80. The SMILES string of the molecule is O=C(c1ccc(C(F)(F)F)cc1)N1CCc2c(nc[nH]c2=O)C1. The van der Waals surface area contributed by atoms with Gasteiger partial charge in [-0.2, -0.15) is 13.2 Å². The summed E-state index contributed by atoms with van der Waals surface area (Å²) in [6, 6.07) is 4.08. The Labute approximate surface area is 128 Å². The Balaban J connectivity index is 1.81. The zero-order chi connectivity index (χ0) is 16.6. The Morgan fingerprint density at radius 2 is 1.91 bits per heavy atom. The first-order valence-electron chi connectivity index (χ1n) is 6.88. The topological polar surface area (TPSA) is 66.1 Å². The molecule has 3 rings (SSSR count). The van der Waals surface area contributed by atoms with E-state index in [9.17, 15) is 22.8 Å². The molecule has 2 aromatic rings. The third-order valence-electron chi connectivity index (χ3n) is 3.76. The van der Waals surface area contributed by atoms with Gasteiger partial charge in [0.05, 0.1) is 24.1 Å².